The van der Waals surface area contributed by atoms with Gasteiger partial charge in [0.1, 0.15) is 10.6 Å². The lowest BCUT2D eigenvalue weighted by molar-refractivity contribution is 0.0578. The molecule has 1 aliphatic rings. The number of thiazole rings is 1. The van der Waals surface area contributed by atoms with E-state index in [-0.39, 0.29) is 17.5 Å². The summed E-state index contributed by atoms with van der Waals surface area (Å²) in [4.78, 5) is 34.5. The molecule has 0 bridgehead atoms. The molecule has 1 atom stereocenters. The van der Waals surface area contributed by atoms with Gasteiger partial charge >= 0.3 is 5.63 Å². The van der Waals surface area contributed by atoms with Crippen LogP contribution in [0.25, 0.3) is 21.2 Å². The quantitative estimate of drug-likeness (QED) is 0.440. The van der Waals surface area contributed by atoms with Gasteiger partial charge in [0.15, 0.2) is 11.3 Å². The number of carbonyl (C=O) groups is 1. The molecule has 1 fully saturated rings. The van der Waals surface area contributed by atoms with E-state index in [0.29, 0.717) is 29.8 Å². The van der Waals surface area contributed by atoms with Gasteiger partial charge < -0.3 is 14.1 Å². The standard InChI is InChI=1S/C24H23N3O4S/c1-15(22-25-18-7-3-4-9-20(18)32-22)26-10-12-27(13-11-26)23(28)17-14-16-6-5-8-19(30-2)21(16)31-24(17)29/h3-9,14-15H,10-13H2,1-2H3/t15-/m1/s1. The Bertz CT molecular complexity index is 1320. The van der Waals surface area contributed by atoms with Crippen LogP contribution >= 0.6 is 11.3 Å². The second kappa shape index (κ2) is 8.37. The zero-order chi connectivity index (χ0) is 22.2. The first-order valence-electron chi connectivity index (χ1n) is 10.5. The van der Waals surface area contributed by atoms with Gasteiger partial charge in [0, 0.05) is 31.6 Å². The van der Waals surface area contributed by atoms with E-state index in [2.05, 4.69) is 17.9 Å². The third-order valence-corrected chi connectivity index (χ3v) is 7.20. The number of fused-ring (bicyclic) bond motifs is 2. The number of amides is 1. The molecule has 164 valence electrons. The molecule has 2 aromatic carbocycles. The van der Waals surface area contributed by atoms with Crippen LogP contribution in [0.3, 0.4) is 0 Å². The van der Waals surface area contributed by atoms with Gasteiger partial charge in [0.2, 0.25) is 0 Å². The minimum atomic E-state index is -0.641. The number of carbonyl (C=O) groups excluding carboxylic acids is 1. The van der Waals surface area contributed by atoms with Gasteiger partial charge in [-0.05, 0) is 31.2 Å². The lowest BCUT2D eigenvalue weighted by Crippen LogP contribution is -2.49. The molecule has 0 unspecified atom stereocenters. The van der Waals surface area contributed by atoms with Crippen molar-refractivity contribution in [3.8, 4) is 5.75 Å². The van der Waals surface area contributed by atoms with Gasteiger partial charge in [-0.2, -0.15) is 0 Å². The third kappa shape index (κ3) is 3.65. The van der Waals surface area contributed by atoms with E-state index < -0.39 is 5.63 Å². The number of hydrogen-bond acceptors (Lipinski definition) is 7. The number of benzene rings is 2. The van der Waals surface area contributed by atoms with Crippen LogP contribution in [0.5, 0.6) is 5.75 Å². The van der Waals surface area contributed by atoms with Crippen molar-refractivity contribution >= 4 is 38.4 Å². The maximum absolute atomic E-state index is 13.1. The molecule has 5 rings (SSSR count). The Morgan fingerprint density at radius 3 is 2.66 bits per heavy atom. The van der Waals surface area contributed by atoms with Gasteiger partial charge in [-0.1, -0.05) is 24.3 Å². The lowest BCUT2D eigenvalue weighted by atomic mass is 10.1. The first kappa shape index (κ1) is 20.7. The van der Waals surface area contributed by atoms with Gasteiger partial charge in [-0.3, -0.25) is 9.69 Å². The largest absolute Gasteiger partial charge is 0.493 e. The van der Waals surface area contributed by atoms with Gasteiger partial charge in [0.05, 0.1) is 23.4 Å². The van der Waals surface area contributed by atoms with Crippen LogP contribution in [-0.4, -0.2) is 54.0 Å². The van der Waals surface area contributed by atoms with Crippen molar-refractivity contribution in [1.82, 2.24) is 14.8 Å². The molecule has 0 saturated carbocycles. The van der Waals surface area contributed by atoms with E-state index in [1.165, 1.54) is 11.8 Å². The molecule has 8 heteroatoms. The van der Waals surface area contributed by atoms with Crippen molar-refractivity contribution < 1.29 is 13.9 Å². The summed E-state index contributed by atoms with van der Waals surface area (Å²) >= 11 is 1.71. The summed E-state index contributed by atoms with van der Waals surface area (Å²) in [5.41, 5.74) is 0.787. The molecule has 3 heterocycles. The maximum Gasteiger partial charge on any atom is 0.349 e. The molecule has 2 aromatic heterocycles. The van der Waals surface area contributed by atoms with Crippen LogP contribution in [-0.2, 0) is 0 Å². The highest BCUT2D eigenvalue weighted by Crippen LogP contribution is 2.30. The number of para-hydroxylation sites is 2. The molecule has 4 aromatic rings. The Kier molecular flexibility index (Phi) is 5.40. The van der Waals surface area contributed by atoms with Gasteiger partial charge in [-0.25, -0.2) is 9.78 Å². The fourth-order valence-corrected chi connectivity index (χ4v) is 5.19. The highest BCUT2D eigenvalue weighted by molar-refractivity contribution is 7.18. The summed E-state index contributed by atoms with van der Waals surface area (Å²) in [7, 11) is 1.52. The Hall–Kier alpha value is -3.23. The fourth-order valence-electron chi connectivity index (χ4n) is 4.14. The molecular weight excluding hydrogens is 426 g/mol. The van der Waals surface area contributed by atoms with Crippen LogP contribution in [0.4, 0.5) is 0 Å². The summed E-state index contributed by atoms with van der Waals surface area (Å²) in [6, 6.07) is 15.2. The number of rotatable bonds is 4. The topological polar surface area (TPSA) is 75.9 Å². The number of nitrogens with zero attached hydrogens (tertiary/aromatic N) is 3. The van der Waals surface area contributed by atoms with Crippen molar-refractivity contribution in [3.05, 3.63) is 69.5 Å². The Balaban J connectivity index is 1.31. The molecule has 1 aliphatic heterocycles. The molecular formula is C24H23N3O4S. The van der Waals surface area contributed by atoms with Gasteiger partial charge in [0.25, 0.3) is 5.91 Å². The SMILES string of the molecule is COc1cccc2cc(C(=O)N3CCN([C@H](C)c4nc5ccccc5s4)CC3)c(=O)oc12. The predicted octanol–water partition coefficient (Wildman–Crippen LogP) is 3.93. The maximum atomic E-state index is 13.1. The van der Waals surface area contributed by atoms with E-state index in [1.807, 2.05) is 18.2 Å². The lowest BCUT2D eigenvalue weighted by Gasteiger charge is -2.37. The van der Waals surface area contributed by atoms with Crippen molar-refractivity contribution in [2.24, 2.45) is 0 Å². The van der Waals surface area contributed by atoms with E-state index in [9.17, 15) is 9.59 Å². The number of ether oxygens (including phenoxy) is 1. The van der Waals surface area contributed by atoms with Crippen LogP contribution < -0.4 is 10.4 Å². The first-order valence-corrected chi connectivity index (χ1v) is 11.4. The fraction of sp³-hybridized carbons (Fsp3) is 0.292. The molecule has 0 radical (unpaired) electrons. The van der Waals surface area contributed by atoms with Crippen LogP contribution in [0, 0.1) is 0 Å². The summed E-state index contributed by atoms with van der Waals surface area (Å²) in [6.45, 7) is 4.68. The Morgan fingerprint density at radius 1 is 1.12 bits per heavy atom. The normalized spacial score (nSPS) is 15.9. The zero-order valence-electron chi connectivity index (χ0n) is 17.9. The summed E-state index contributed by atoms with van der Waals surface area (Å²) < 4.78 is 11.9. The minimum absolute atomic E-state index is 0.0541. The molecule has 0 spiro atoms. The molecule has 1 amide bonds. The van der Waals surface area contributed by atoms with Crippen molar-refractivity contribution in [1.29, 1.82) is 0 Å². The minimum Gasteiger partial charge on any atom is -0.493 e. The monoisotopic (exact) mass is 449 g/mol. The first-order chi connectivity index (χ1) is 15.5. The summed E-state index contributed by atoms with van der Waals surface area (Å²) in [6.07, 6.45) is 0. The Labute approximate surface area is 188 Å². The van der Waals surface area contributed by atoms with Crippen molar-refractivity contribution in [2.75, 3.05) is 33.3 Å². The molecule has 0 aliphatic carbocycles. The van der Waals surface area contributed by atoms with E-state index in [4.69, 9.17) is 14.1 Å². The van der Waals surface area contributed by atoms with Crippen molar-refractivity contribution in [2.45, 2.75) is 13.0 Å². The highest BCUT2D eigenvalue weighted by atomic mass is 32.1. The smallest absolute Gasteiger partial charge is 0.349 e. The summed E-state index contributed by atoms with van der Waals surface area (Å²) in [5, 5.41) is 1.74. The Morgan fingerprint density at radius 2 is 1.91 bits per heavy atom. The van der Waals surface area contributed by atoms with Crippen molar-refractivity contribution in [3.63, 3.8) is 0 Å². The molecule has 7 nitrogen and oxygen atoms in total. The third-order valence-electron chi connectivity index (χ3n) is 5.99. The average Bonchev–Trinajstić information content (AvgIpc) is 3.27. The van der Waals surface area contributed by atoms with E-state index >= 15 is 0 Å². The second-order valence-electron chi connectivity index (χ2n) is 7.85. The summed E-state index contributed by atoms with van der Waals surface area (Å²) in [5.74, 6) is 0.173. The van der Waals surface area contributed by atoms with Crippen LogP contribution in [0.1, 0.15) is 28.3 Å². The second-order valence-corrected chi connectivity index (χ2v) is 8.91. The zero-order valence-corrected chi connectivity index (χ0v) is 18.7. The van der Waals surface area contributed by atoms with Crippen LogP contribution in [0.2, 0.25) is 0 Å². The highest BCUT2D eigenvalue weighted by Gasteiger charge is 2.28. The van der Waals surface area contributed by atoms with Crippen LogP contribution in [0.15, 0.2) is 57.7 Å². The number of hydrogen-bond donors (Lipinski definition) is 0. The average molecular weight is 450 g/mol. The van der Waals surface area contributed by atoms with E-state index in [1.54, 1.807) is 40.5 Å². The predicted molar refractivity (Wildman–Crippen MR) is 125 cm³/mol. The molecule has 0 N–H and O–H groups in total. The number of aromatic nitrogens is 1. The van der Waals surface area contributed by atoms with E-state index in [0.717, 1.165) is 23.6 Å². The van der Waals surface area contributed by atoms with Gasteiger partial charge in [-0.15, -0.1) is 11.3 Å². The number of methoxy groups -OCH3 is 1. The molecule has 32 heavy (non-hydrogen) atoms. The molecule has 1 saturated heterocycles. The number of piperazine rings is 1.